The highest BCUT2D eigenvalue weighted by molar-refractivity contribution is 9.11. The number of nitrogens with two attached hydrogens (primary N) is 1. The van der Waals surface area contributed by atoms with Gasteiger partial charge in [-0.05, 0) is 34.7 Å². The molecule has 1 unspecified atom stereocenters. The van der Waals surface area contributed by atoms with Crippen molar-refractivity contribution in [3.63, 3.8) is 0 Å². The number of thiazole rings is 1. The average molecular weight is 233 g/mol. The summed E-state index contributed by atoms with van der Waals surface area (Å²) in [5.41, 5.74) is 5.94. The quantitative estimate of drug-likeness (QED) is 0.851. The third-order valence-electron chi connectivity index (χ3n) is 1.91. The van der Waals surface area contributed by atoms with Gasteiger partial charge in [-0.2, -0.15) is 0 Å². The molecule has 4 heteroatoms. The van der Waals surface area contributed by atoms with Gasteiger partial charge in [0.1, 0.15) is 5.01 Å². The average Bonchev–Trinajstić information content (AvgIpc) is 2.74. The lowest BCUT2D eigenvalue weighted by atomic mass is 10.2. The lowest BCUT2D eigenvalue weighted by Gasteiger charge is -2.03. The van der Waals surface area contributed by atoms with E-state index in [9.17, 15) is 0 Å². The molecule has 2 rings (SSSR count). The van der Waals surface area contributed by atoms with Gasteiger partial charge in [0.25, 0.3) is 0 Å². The molecule has 1 atom stereocenters. The van der Waals surface area contributed by atoms with E-state index in [0.29, 0.717) is 5.92 Å². The molecule has 11 heavy (non-hydrogen) atoms. The van der Waals surface area contributed by atoms with Crippen LogP contribution in [0, 0.1) is 5.92 Å². The number of halogens is 1. The van der Waals surface area contributed by atoms with Crippen LogP contribution in [0.3, 0.4) is 0 Å². The third-order valence-corrected chi connectivity index (χ3v) is 3.49. The Labute approximate surface area is 78.0 Å². The molecule has 1 heterocycles. The van der Waals surface area contributed by atoms with E-state index in [0.717, 1.165) is 8.79 Å². The van der Waals surface area contributed by atoms with Crippen LogP contribution in [0.1, 0.15) is 23.9 Å². The molecular formula is C7H9BrN2S. The number of nitrogens with zero attached hydrogens (tertiary/aromatic N) is 1. The molecule has 1 aromatic heterocycles. The molecule has 1 aliphatic rings. The fourth-order valence-electron chi connectivity index (χ4n) is 1.08. The van der Waals surface area contributed by atoms with Crippen LogP contribution in [-0.4, -0.2) is 4.98 Å². The minimum absolute atomic E-state index is 0.186. The van der Waals surface area contributed by atoms with Gasteiger partial charge in [-0.1, -0.05) is 0 Å². The van der Waals surface area contributed by atoms with Crippen molar-refractivity contribution in [1.29, 1.82) is 0 Å². The molecular weight excluding hydrogens is 224 g/mol. The summed E-state index contributed by atoms with van der Waals surface area (Å²) in [6, 6.07) is 0.186. The topological polar surface area (TPSA) is 38.9 Å². The Kier molecular flexibility index (Phi) is 1.99. The van der Waals surface area contributed by atoms with E-state index in [1.807, 2.05) is 6.20 Å². The molecule has 0 saturated heterocycles. The highest BCUT2D eigenvalue weighted by Gasteiger charge is 2.31. The molecule has 1 fully saturated rings. The van der Waals surface area contributed by atoms with Crippen molar-refractivity contribution >= 4 is 27.3 Å². The monoisotopic (exact) mass is 232 g/mol. The minimum Gasteiger partial charge on any atom is -0.322 e. The highest BCUT2D eigenvalue weighted by Crippen LogP contribution is 2.40. The molecule has 1 aliphatic carbocycles. The fourth-order valence-corrected chi connectivity index (χ4v) is 2.42. The van der Waals surface area contributed by atoms with Crippen molar-refractivity contribution in [2.45, 2.75) is 18.9 Å². The first-order valence-electron chi connectivity index (χ1n) is 3.64. The van der Waals surface area contributed by atoms with Gasteiger partial charge in [-0.3, -0.25) is 0 Å². The van der Waals surface area contributed by atoms with Crippen molar-refractivity contribution in [3.05, 3.63) is 15.0 Å². The van der Waals surface area contributed by atoms with Crippen LogP contribution in [0.2, 0.25) is 0 Å². The van der Waals surface area contributed by atoms with E-state index < -0.39 is 0 Å². The van der Waals surface area contributed by atoms with E-state index in [4.69, 9.17) is 5.73 Å². The maximum atomic E-state index is 5.94. The zero-order valence-corrected chi connectivity index (χ0v) is 8.36. The Hall–Kier alpha value is 0.0700. The molecule has 0 aliphatic heterocycles. The minimum atomic E-state index is 0.186. The van der Waals surface area contributed by atoms with Gasteiger partial charge in [0.15, 0.2) is 0 Å². The molecule has 0 aromatic carbocycles. The first-order chi connectivity index (χ1) is 5.27. The predicted molar refractivity (Wildman–Crippen MR) is 49.5 cm³/mol. The number of aromatic nitrogens is 1. The van der Waals surface area contributed by atoms with Gasteiger partial charge in [0.2, 0.25) is 0 Å². The Morgan fingerprint density at radius 3 is 2.91 bits per heavy atom. The summed E-state index contributed by atoms with van der Waals surface area (Å²) in [5.74, 6) is 0.702. The number of rotatable bonds is 2. The molecule has 0 radical (unpaired) electrons. The lowest BCUT2D eigenvalue weighted by Crippen LogP contribution is -2.11. The molecule has 60 valence electrons. The van der Waals surface area contributed by atoms with Crippen LogP contribution in [0.5, 0.6) is 0 Å². The van der Waals surface area contributed by atoms with Gasteiger partial charge in [-0.25, -0.2) is 4.98 Å². The Bertz CT molecular complexity index is 257. The SMILES string of the molecule is NC(c1ncc(Br)s1)C1CC1. The molecule has 0 spiro atoms. The van der Waals surface area contributed by atoms with E-state index >= 15 is 0 Å². The summed E-state index contributed by atoms with van der Waals surface area (Å²) in [6.45, 7) is 0. The predicted octanol–water partition coefficient (Wildman–Crippen LogP) is 2.32. The summed E-state index contributed by atoms with van der Waals surface area (Å²) in [7, 11) is 0. The van der Waals surface area contributed by atoms with E-state index in [-0.39, 0.29) is 6.04 Å². The van der Waals surface area contributed by atoms with Crippen LogP contribution in [0.4, 0.5) is 0 Å². The Morgan fingerprint density at radius 2 is 2.45 bits per heavy atom. The molecule has 1 aromatic rings. The second kappa shape index (κ2) is 2.84. The van der Waals surface area contributed by atoms with Crippen LogP contribution in [0.15, 0.2) is 9.98 Å². The normalized spacial score (nSPS) is 20.2. The lowest BCUT2D eigenvalue weighted by molar-refractivity contribution is 0.629. The number of hydrogen-bond donors (Lipinski definition) is 1. The van der Waals surface area contributed by atoms with Crippen LogP contribution >= 0.6 is 27.3 Å². The third kappa shape index (κ3) is 1.63. The standard InChI is InChI=1S/C7H9BrN2S/c8-5-3-10-7(11-5)6(9)4-1-2-4/h3-4,6H,1-2,9H2. The zero-order valence-electron chi connectivity index (χ0n) is 5.96. The second-order valence-corrected chi connectivity index (χ2v) is 5.31. The van der Waals surface area contributed by atoms with Crippen LogP contribution in [0.25, 0.3) is 0 Å². The summed E-state index contributed by atoms with van der Waals surface area (Å²) < 4.78 is 1.07. The summed E-state index contributed by atoms with van der Waals surface area (Å²) >= 11 is 5.02. The van der Waals surface area contributed by atoms with Crippen molar-refractivity contribution in [1.82, 2.24) is 4.98 Å². The van der Waals surface area contributed by atoms with Gasteiger partial charge in [0, 0.05) is 0 Å². The van der Waals surface area contributed by atoms with Gasteiger partial charge < -0.3 is 5.73 Å². The summed E-state index contributed by atoms with van der Waals surface area (Å²) in [4.78, 5) is 4.22. The highest BCUT2D eigenvalue weighted by atomic mass is 79.9. The van der Waals surface area contributed by atoms with E-state index in [1.165, 1.54) is 12.8 Å². The molecule has 2 nitrogen and oxygen atoms in total. The second-order valence-electron chi connectivity index (χ2n) is 2.87. The first kappa shape index (κ1) is 7.71. The molecule has 0 bridgehead atoms. The Balaban J connectivity index is 2.14. The van der Waals surface area contributed by atoms with Crippen molar-refractivity contribution in [2.24, 2.45) is 11.7 Å². The maximum Gasteiger partial charge on any atom is 0.111 e. The fraction of sp³-hybridized carbons (Fsp3) is 0.571. The molecule has 0 amide bonds. The van der Waals surface area contributed by atoms with Gasteiger partial charge in [0.05, 0.1) is 16.0 Å². The first-order valence-corrected chi connectivity index (χ1v) is 5.25. The summed E-state index contributed by atoms with van der Waals surface area (Å²) in [6.07, 6.45) is 4.37. The summed E-state index contributed by atoms with van der Waals surface area (Å²) in [5, 5.41) is 1.07. The van der Waals surface area contributed by atoms with Crippen molar-refractivity contribution < 1.29 is 0 Å². The van der Waals surface area contributed by atoms with Gasteiger partial charge >= 0.3 is 0 Å². The van der Waals surface area contributed by atoms with Crippen molar-refractivity contribution in [3.8, 4) is 0 Å². The zero-order chi connectivity index (χ0) is 7.84. The maximum absolute atomic E-state index is 5.94. The van der Waals surface area contributed by atoms with E-state index in [1.54, 1.807) is 11.3 Å². The number of hydrogen-bond acceptors (Lipinski definition) is 3. The van der Waals surface area contributed by atoms with Crippen LogP contribution < -0.4 is 5.73 Å². The van der Waals surface area contributed by atoms with Crippen molar-refractivity contribution in [2.75, 3.05) is 0 Å². The Morgan fingerprint density at radius 1 is 1.73 bits per heavy atom. The van der Waals surface area contributed by atoms with Gasteiger partial charge in [-0.15, -0.1) is 11.3 Å². The van der Waals surface area contributed by atoms with E-state index in [2.05, 4.69) is 20.9 Å². The molecule has 1 saturated carbocycles. The van der Waals surface area contributed by atoms with Crippen LogP contribution in [-0.2, 0) is 0 Å². The largest absolute Gasteiger partial charge is 0.322 e. The molecule has 2 N–H and O–H groups in total. The smallest absolute Gasteiger partial charge is 0.111 e.